The molecule has 1 aliphatic heterocycles. The number of carbonyl (C=O) groups excluding carboxylic acids is 2. The standard InChI is InChI=1S/C23H20ClN3O3/c1-14(28)27-18-7-5-16(6-8-18)19-9-10-25-23-20(19)12-21(30-23)22(29)26-13-15-3-2-4-17(24)11-15/h2-11,21H,12-13H2,1H3,(H,26,29)(H,27,28). The average molecular weight is 422 g/mol. The summed E-state index contributed by atoms with van der Waals surface area (Å²) in [6, 6.07) is 16.8. The zero-order chi connectivity index (χ0) is 21.1. The first-order chi connectivity index (χ1) is 14.5. The van der Waals surface area contributed by atoms with E-state index in [2.05, 4.69) is 15.6 Å². The number of aromatic nitrogens is 1. The van der Waals surface area contributed by atoms with Crippen LogP contribution in [-0.2, 0) is 22.6 Å². The van der Waals surface area contributed by atoms with Crippen LogP contribution in [0.25, 0.3) is 11.1 Å². The average Bonchev–Trinajstić information content (AvgIpc) is 3.17. The Balaban J connectivity index is 1.46. The lowest BCUT2D eigenvalue weighted by atomic mass is 9.98. The molecule has 152 valence electrons. The van der Waals surface area contributed by atoms with Crippen LogP contribution >= 0.6 is 11.6 Å². The molecule has 2 aromatic carbocycles. The van der Waals surface area contributed by atoms with Crippen molar-refractivity contribution in [2.45, 2.75) is 26.0 Å². The van der Waals surface area contributed by atoms with E-state index in [0.29, 0.717) is 23.9 Å². The first-order valence-corrected chi connectivity index (χ1v) is 9.92. The number of anilines is 1. The Hall–Kier alpha value is -3.38. The van der Waals surface area contributed by atoms with E-state index in [1.807, 2.05) is 48.5 Å². The number of ether oxygens (including phenoxy) is 1. The minimum atomic E-state index is -0.633. The van der Waals surface area contributed by atoms with E-state index in [1.165, 1.54) is 6.92 Å². The van der Waals surface area contributed by atoms with E-state index in [-0.39, 0.29) is 11.8 Å². The molecule has 0 saturated heterocycles. The fourth-order valence-electron chi connectivity index (χ4n) is 3.44. The zero-order valence-corrected chi connectivity index (χ0v) is 17.1. The predicted octanol–water partition coefficient (Wildman–Crippen LogP) is 3.98. The molecule has 0 bridgehead atoms. The SMILES string of the molecule is CC(=O)Nc1ccc(-c2ccnc3c2CC(C(=O)NCc2cccc(Cl)c2)O3)cc1. The highest BCUT2D eigenvalue weighted by Gasteiger charge is 2.32. The molecule has 0 saturated carbocycles. The van der Waals surface area contributed by atoms with Gasteiger partial charge in [-0.05, 0) is 47.0 Å². The van der Waals surface area contributed by atoms with Crippen LogP contribution in [0.1, 0.15) is 18.1 Å². The zero-order valence-electron chi connectivity index (χ0n) is 16.3. The van der Waals surface area contributed by atoms with Crippen molar-refractivity contribution in [3.63, 3.8) is 0 Å². The Bertz CT molecular complexity index is 1100. The molecular weight excluding hydrogens is 402 g/mol. The Morgan fingerprint density at radius 1 is 1.17 bits per heavy atom. The van der Waals surface area contributed by atoms with Gasteiger partial charge in [-0.3, -0.25) is 9.59 Å². The second-order valence-corrected chi connectivity index (χ2v) is 7.50. The highest BCUT2D eigenvalue weighted by atomic mass is 35.5. The van der Waals surface area contributed by atoms with Crippen molar-refractivity contribution in [3.8, 4) is 17.0 Å². The van der Waals surface area contributed by atoms with Gasteiger partial charge < -0.3 is 15.4 Å². The number of benzene rings is 2. The van der Waals surface area contributed by atoms with Crippen LogP contribution in [0.15, 0.2) is 60.8 Å². The van der Waals surface area contributed by atoms with Gasteiger partial charge in [-0.25, -0.2) is 4.98 Å². The highest BCUT2D eigenvalue weighted by molar-refractivity contribution is 6.30. The second-order valence-electron chi connectivity index (χ2n) is 7.06. The number of rotatable bonds is 5. The molecule has 4 rings (SSSR count). The summed E-state index contributed by atoms with van der Waals surface area (Å²) in [5, 5.41) is 6.28. The Kier molecular flexibility index (Phi) is 5.68. The van der Waals surface area contributed by atoms with Crippen LogP contribution < -0.4 is 15.4 Å². The summed E-state index contributed by atoms with van der Waals surface area (Å²) in [5.41, 5.74) is 4.47. The molecule has 0 aliphatic carbocycles. The molecule has 1 atom stereocenters. The van der Waals surface area contributed by atoms with Crippen molar-refractivity contribution in [2.75, 3.05) is 5.32 Å². The second kappa shape index (κ2) is 8.55. The third-order valence-corrected chi connectivity index (χ3v) is 5.06. The number of hydrogen-bond acceptors (Lipinski definition) is 4. The summed E-state index contributed by atoms with van der Waals surface area (Å²) in [7, 11) is 0. The van der Waals surface area contributed by atoms with Crippen LogP contribution in [0, 0.1) is 0 Å². The van der Waals surface area contributed by atoms with Gasteiger partial charge in [-0.15, -0.1) is 0 Å². The van der Waals surface area contributed by atoms with Gasteiger partial charge in [-0.2, -0.15) is 0 Å². The summed E-state index contributed by atoms with van der Waals surface area (Å²) in [6.45, 7) is 1.85. The molecule has 1 aromatic heterocycles. The molecule has 2 heterocycles. The van der Waals surface area contributed by atoms with E-state index < -0.39 is 6.10 Å². The highest BCUT2D eigenvalue weighted by Crippen LogP contribution is 2.35. The first-order valence-electron chi connectivity index (χ1n) is 9.54. The number of fused-ring (bicyclic) bond motifs is 1. The maximum atomic E-state index is 12.6. The molecule has 0 radical (unpaired) electrons. The topological polar surface area (TPSA) is 80.3 Å². The minimum Gasteiger partial charge on any atom is -0.464 e. The fraction of sp³-hybridized carbons (Fsp3) is 0.174. The summed E-state index contributed by atoms with van der Waals surface area (Å²) in [6.07, 6.45) is 1.47. The summed E-state index contributed by atoms with van der Waals surface area (Å²) in [4.78, 5) is 28.1. The van der Waals surface area contributed by atoms with Gasteiger partial charge in [0.2, 0.25) is 11.8 Å². The Morgan fingerprint density at radius 2 is 1.97 bits per heavy atom. The number of nitrogens with one attached hydrogen (secondary N) is 2. The number of carbonyl (C=O) groups is 2. The van der Waals surface area contributed by atoms with E-state index in [1.54, 1.807) is 12.3 Å². The van der Waals surface area contributed by atoms with E-state index >= 15 is 0 Å². The van der Waals surface area contributed by atoms with Gasteiger partial charge in [0.05, 0.1) is 0 Å². The minimum absolute atomic E-state index is 0.118. The van der Waals surface area contributed by atoms with Crippen LogP contribution in [0.4, 0.5) is 5.69 Å². The monoisotopic (exact) mass is 421 g/mol. The molecule has 1 unspecified atom stereocenters. The smallest absolute Gasteiger partial charge is 0.261 e. The van der Waals surface area contributed by atoms with Gasteiger partial charge in [-0.1, -0.05) is 35.9 Å². The number of nitrogens with zero attached hydrogens (tertiary/aromatic N) is 1. The third-order valence-electron chi connectivity index (χ3n) is 4.82. The van der Waals surface area contributed by atoms with Gasteiger partial charge in [0.15, 0.2) is 6.10 Å². The van der Waals surface area contributed by atoms with Gasteiger partial charge in [0.1, 0.15) is 0 Å². The lowest BCUT2D eigenvalue weighted by molar-refractivity contribution is -0.127. The molecule has 1 aliphatic rings. The lowest BCUT2D eigenvalue weighted by Gasteiger charge is -2.11. The molecular formula is C23H20ClN3O3. The van der Waals surface area contributed by atoms with Crippen LogP contribution in [-0.4, -0.2) is 22.9 Å². The summed E-state index contributed by atoms with van der Waals surface area (Å²) >= 11 is 5.99. The maximum Gasteiger partial charge on any atom is 0.261 e. The number of hydrogen-bond donors (Lipinski definition) is 2. The van der Waals surface area contributed by atoms with Gasteiger partial charge >= 0.3 is 0 Å². The van der Waals surface area contributed by atoms with E-state index in [0.717, 1.165) is 27.9 Å². The van der Waals surface area contributed by atoms with Crippen LogP contribution in [0.2, 0.25) is 5.02 Å². The van der Waals surface area contributed by atoms with Gasteiger partial charge in [0.25, 0.3) is 5.91 Å². The van der Waals surface area contributed by atoms with Crippen LogP contribution in [0.3, 0.4) is 0 Å². The molecule has 0 spiro atoms. The quantitative estimate of drug-likeness (QED) is 0.653. The van der Waals surface area contributed by atoms with Gasteiger partial charge in [0, 0.05) is 42.4 Å². The van der Waals surface area contributed by atoms with Crippen molar-refractivity contribution >= 4 is 29.1 Å². The normalized spacial score (nSPS) is 14.5. The number of amides is 2. The largest absolute Gasteiger partial charge is 0.464 e. The number of halogens is 1. The molecule has 6 nitrogen and oxygen atoms in total. The lowest BCUT2D eigenvalue weighted by Crippen LogP contribution is -2.37. The molecule has 2 amide bonds. The maximum absolute atomic E-state index is 12.6. The molecule has 2 N–H and O–H groups in total. The molecule has 30 heavy (non-hydrogen) atoms. The fourth-order valence-corrected chi connectivity index (χ4v) is 3.65. The third kappa shape index (κ3) is 4.44. The predicted molar refractivity (Wildman–Crippen MR) is 115 cm³/mol. The van der Waals surface area contributed by atoms with E-state index in [9.17, 15) is 9.59 Å². The van der Waals surface area contributed by atoms with Crippen molar-refractivity contribution in [1.82, 2.24) is 10.3 Å². The van der Waals surface area contributed by atoms with Crippen molar-refractivity contribution in [3.05, 3.63) is 76.9 Å². The molecule has 7 heteroatoms. The van der Waals surface area contributed by atoms with Crippen LogP contribution in [0.5, 0.6) is 5.88 Å². The number of pyridine rings is 1. The van der Waals surface area contributed by atoms with Crippen molar-refractivity contribution < 1.29 is 14.3 Å². The molecule has 3 aromatic rings. The Labute approximate surface area is 179 Å². The summed E-state index contributed by atoms with van der Waals surface area (Å²) in [5.74, 6) is 0.161. The summed E-state index contributed by atoms with van der Waals surface area (Å²) < 4.78 is 5.81. The van der Waals surface area contributed by atoms with E-state index in [4.69, 9.17) is 16.3 Å². The first kappa shape index (κ1) is 19.9. The Morgan fingerprint density at radius 3 is 2.70 bits per heavy atom. The molecule has 0 fully saturated rings. The van der Waals surface area contributed by atoms with Crippen molar-refractivity contribution in [1.29, 1.82) is 0 Å². The van der Waals surface area contributed by atoms with Crippen molar-refractivity contribution in [2.24, 2.45) is 0 Å².